The van der Waals surface area contributed by atoms with Crippen molar-refractivity contribution in [1.82, 2.24) is 13.8 Å². The van der Waals surface area contributed by atoms with E-state index in [0.29, 0.717) is 9.21 Å². The smallest absolute Gasteiger partial charge is 0.364 e. The summed E-state index contributed by atoms with van der Waals surface area (Å²) < 4.78 is 63.6. The predicted molar refractivity (Wildman–Crippen MR) is 70.5 cm³/mol. The van der Waals surface area contributed by atoms with Gasteiger partial charge in [0.15, 0.2) is 0 Å². The van der Waals surface area contributed by atoms with E-state index in [-0.39, 0.29) is 10.6 Å². The van der Waals surface area contributed by atoms with E-state index in [0.717, 1.165) is 12.3 Å². The van der Waals surface area contributed by atoms with E-state index in [4.69, 9.17) is 5.73 Å². The SMILES string of the molecule is Cn1cc(S(=O)(=O)N2CC(=O)N(CC(F)(F)F)C2)cc1C(N)=O. The second kappa shape index (κ2) is 5.53. The first-order valence-electron chi connectivity index (χ1n) is 6.22. The molecule has 0 saturated carbocycles. The van der Waals surface area contributed by atoms with Crippen molar-refractivity contribution in [3.05, 3.63) is 18.0 Å². The number of aryl methyl sites for hydroxylation is 1. The van der Waals surface area contributed by atoms with Gasteiger partial charge in [0.05, 0.1) is 13.2 Å². The van der Waals surface area contributed by atoms with Gasteiger partial charge in [-0.05, 0) is 6.07 Å². The Morgan fingerprint density at radius 1 is 1.39 bits per heavy atom. The average molecular weight is 354 g/mol. The highest BCUT2D eigenvalue weighted by atomic mass is 32.2. The van der Waals surface area contributed by atoms with Gasteiger partial charge >= 0.3 is 6.18 Å². The quantitative estimate of drug-likeness (QED) is 0.785. The number of sulfonamides is 1. The Bertz CT molecular complexity index is 756. The number of amides is 2. The molecule has 23 heavy (non-hydrogen) atoms. The van der Waals surface area contributed by atoms with Crippen molar-refractivity contribution in [2.24, 2.45) is 12.8 Å². The zero-order chi connectivity index (χ0) is 17.6. The molecule has 8 nitrogen and oxygen atoms in total. The zero-order valence-electron chi connectivity index (χ0n) is 11.9. The van der Waals surface area contributed by atoms with Gasteiger partial charge in [0.1, 0.15) is 17.1 Å². The minimum atomic E-state index is -4.62. The second-order valence-electron chi connectivity index (χ2n) is 5.00. The first kappa shape index (κ1) is 17.3. The van der Waals surface area contributed by atoms with Crippen LogP contribution in [0.15, 0.2) is 17.2 Å². The monoisotopic (exact) mass is 354 g/mol. The van der Waals surface area contributed by atoms with Crippen molar-refractivity contribution >= 4 is 21.8 Å². The van der Waals surface area contributed by atoms with Gasteiger partial charge in [0.2, 0.25) is 15.9 Å². The average Bonchev–Trinajstić information content (AvgIpc) is 2.93. The Labute approximate surface area is 129 Å². The van der Waals surface area contributed by atoms with Crippen LogP contribution in [-0.2, 0) is 21.9 Å². The van der Waals surface area contributed by atoms with Crippen LogP contribution in [-0.4, -0.2) is 59.9 Å². The summed E-state index contributed by atoms with van der Waals surface area (Å²) in [7, 11) is -2.83. The Balaban J connectivity index is 2.26. The molecule has 0 bridgehead atoms. The number of aromatic nitrogens is 1. The maximum absolute atomic E-state index is 12.4. The molecule has 2 rings (SSSR count). The first-order valence-corrected chi connectivity index (χ1v) is 7.66. The summed E-state index contributed by atoms with van der Waals surface area (Å²) in [6.07, 6.45) is -3.52. The summed E-state index contributed by atoms with van der Waals surface area (Å²) in [5, 5.41) is 0. The van der Waals surface area contributed by atoms with Crippen molar-refractivity contribution in [2.75, 3.05) is 19.8 Å². The molecule has 1 aromatic heterocycles. The van der Waals surface area contributed by atoms with Crippen molar-refractivity contribution in [3.8, 4) is 0 Å². The molecule has 0 atom stereocenters. The van der Waals surface area contributed by atoms with Crippen LogP contribution in [0.1, 0.15) is 10.5 Å². The normalized spacial score (nSPS) is 17.0. The summed E-state index contributed by atoms with van der Waals surface area (Å²) in [6, 6.07) is 1.01. The Hall–Kier alpha value is -2.08. The highest BCUT2D eigenvalue weighted by Gasteiger charge is 2.42. The highest BCUT2D eigenvalue weighted by Crippen LogP contribution is 2.24. The number of halogens is 3. The standard InChI is InChI=1S/C11H13F3N4O4S/c1-16-3-7(2-8(16)10(15)20)23(21,22)18-4-9(19)17(6-18)5-11(12,13)14/h2-3H,4-6H2,1H3,(H2,15,20). The molecule has 0 aliphatic carbocycles. The number of hydrogen-bond donors (Lipinski definition) is 1. The zero-order valence-corrected chi connectivity index (χ0v) is 12.7. The Morgan fingerprint density at radius 2 is 2.00 bits per heavy atom. The van der Waals surface area contributed by atoms with Crippen molar-refractivity contribution in [1.29, 1.82) is 0 Å². The van der Waals surface area contributed by atoms with E-state index in [2.05, 4.69) is 0 Å². The maximum Gasteiger partial charge on any atom is 0.406 e. The Kier molecular flexibility index (Phi) is 4.15. The fraction of sp³-hybridized carbons (Fsp3) is 0.455. The highest BCUT2D eigenvalue weighted by molar-refractivity contribution is 7.89. The van der Waals surface area contributed by atoms with Crippen LogP contribution in [0.3, 0.4) is 0 Å². The van der Waals surface area contributed by atoms with Gasteiger partial charge in [0, 0.05) is 13.2 Å². The molecule has 128 valence electrons. The topological polar surface area (TPSA) is 106 Å². The fourth-order valence-electron chi connectivity index (χ4n) is 2.16. The van der Waals surface area contributed by atoms with Crippen molar-refractivity contribution < 1.29 is 31.2 Å². The maximum atomic E-state index is 12.4. The van der Waals surface area contributed by atoms with Crippen molar-refractivity contribution in [3.63, 3.8) is 0 Å². The predicted octanol–water partition coefficient (Wildman–Crippen LogP) is -0.523. The number of nitrogens with zero attached hydrogens (tertiary/aromatic N) is 3. The summed E-state index contributed by atoms with van der Waals surface area (Å²) >= 11 is 0. The van der Waals surface area contributed by atoms with Gasteiger partial charge in [-0.25, -0.2) is 8.42 Å². The van der Waals surface area contributed by atoms with E-state index in [1.54, 1.807) is 0 Å². The largest absolute Gasteiger partial charge is 0.406 e. The molecule has 1 aliphatic heterocycles. The summed E-state index contributed by atoms with van der Waals surface area (Å²) in [6.45, 7) is -2.93. The third-order valence-electron chi connectivity index (χ3n) is 3.23. The number of carbonyl (C=O) groups excluding carboxylic acids is 2. The van der Waals surface area contributed by atoms with Gasteiger partial charge in [-0.3, -0.25) is 9.59 Å². The molecule has 1 fully saturated rings. The molecule has 12 heteroatoms. The molecule has 0 radical (unpaired) electrons. The number of rotatable bonds is 4. The third kappa shape index (κ3) is 3.47. The van der Waals surface area contributed by atoms with Gasteiger partial charge in [-0.2, -0.15) is 17.5 Å². The molecular formula is C11H13F3N4O4S. The molecule has 2 N–H and O–H groups in total. The van der Waals surface area contributed by atoms with Gasteiger partial charge < -0.3 is 15.2 Å². The number of hydrogen-bond acceptors (Lipinski definition) is 4. The third-order valence-corrected chi connectivity index (χ3v) is 4.98. The van der Waals surface area contributed by atoms with E-state index in [9.17, 15) is 31.2 Å². The molecule has 1 aliphatic rings. The first-order chi connectivity index (χ1) is 10.4. The molecule has 0 aromatic carbocycles. The van der Waals surface area contributed by atoms with E-state index < -0.39 is 47.8 Å². The van der Waals surface area contributed by atoms with Crippen molar-refractivity contribution in [2.45, 2.75) is 11.1 Å². The van der Waals surface area contributed by atoms with Crippen LogP contribution in [0.4, 0.5) is 13.2 Å². The summed E-state index contributed by atoms with van der Waals surface area (Å²) in [5.41, 5.74) is 5.00. The van der Waals surface area contributed by atoms with Crippen LogP contribution in [0.25, 0.3) is 0 Å². The van der Waals surface area contributed by atoms with Crippen LogP contribution in [0.5, 0.6) is 0 Å². The van der Waals surface area contributed by atoms with Crippen LogP contribution >= 0.6 is 0 Å². The van der Waals surface area contributed by atoms with E-state index in [1.807, 2.05) is 0 Å². The molecule has 1 aromatic rings. The van der Waals surface area contributed by atoms with Gasteiger partial charge in [-0.15, -0.1) is 0 Å². The molecule has 2 heterocycles. The molecular weight excluding hydrogens is 341 g/mol. The number of nitrogens with two attached hydrogens (primary N) is 1. The Morgan fingerprint density at radius 3 is 2.48 bits per heavy atom. The van der Waals surface area contributed by atoms with Crippen LogP contribution < -0.4 is 5.73 Å². The number of primary amides is 1. The van der Waals surface area contributed by atoms with Gasteiger partial charge in [0.25, 0.3) is 5.91 Å². The van der Waals surface area contributed by atoms with Gasteiger partial charge in [-0.1, -0.05) is 0 Å². The second-order valence-corrected chi connectivity index (χ2v) is 6.94. The molecule has 0 spiro atoms. The minimum Gasteiger partial charge on any atom is -0.364 e. The number of alkyl halides is 3. The van der Waals surface area contributed by atoms with Crippen LogP contribution in [0, 0.1) is 0 Å². The molecule has 2 amide bonds. The lowest BCUT2D eigenvalue weighted by atomic mass is 10.4. The minimum absolute atomic E-state index is 0.0822. The van der Waals surface area contributed by atoms with E-state index in [1.165, 1.54) is 11.6 Å². The number of carbonyl (C=O) groups is 2. The molecule has 1 saturated heterocycles. The fourth-order valence-corrected chi connectivity index (χ4v) is 3.58. The lowest BCUT2D eigenvalue weighted by Crippen LogP contribution is -2.37. The lowest BCUT2D eigenvalue weighted by Gasteiger charge is -2.19. The lowest BCUT2D eigenvalue weighted by molar-refractivity contribution is -0.157. The molecule has 0 unspecified atom stereocenters. The van der Waals surface area contributed by atoms with Crippen LogP contribution in [0.2, 0.25) is 0 Å². The van der Waals surface area contributed by atoms with E-state index >= 15 is 0 Å². The summed E-state index contributed by atoms with van der Waals surface area (Å²) in [4.78, 5) is 22.8. The summed E-state index contributed by atoms with van der Waals surface area (Å²) in [5.74, 6) is -1.80.